The maximum Gasteiger partial charge on any atom is 0.270 e. The van der Waals surface area contributed by atoms with E-state index in [4.69, 9.17) is 14.5 Å². The molecule has 0 radical (unpaired) electrons. The van der Waals surface area contributed by atoms with E-state index in [1.54, 1.807) is 6.07 Å². The summed E-state index contributed by atoms with van der Waals surface area (Å²) in [5.41, 5.74) is 1.65. The van der Waals surface area contributed by atoms with E-state index in [-0.39, 0.29) is 5.91 Å². The molecule has 2 saturated carbocycles. The van der Waals surface area contributed by atoms with Crippen molar-refractivity contribution in [3.8, 4) is 5.88 Å². The summed E-state index contributed by atoms with van der Waals surface area (Å²) in [6.07, 6.45) is 4.41. The van der Waals surface area contributed by atoms with Crippen molar-refractivity contribution < 1.29 is 14.3 Å². The van der Waals surface area contributed by atoms with Crippen LogP contribution in [0.1, 0.15) is 56.9 Å². The van der Waals surface area contributed by atoms with Gasteiger partial charge in [-0.3, -0.25) is 9.79 Å². The summed E-state index contributed by atoms with van der Waals surface area (Å²) in [6.45, 7) is 8.73. The van der Waals surface area contributed by atoms with Crippen LogP contribution in [0.25, 0.3) is 0 Å². The number of pyridine rings is 1. The van der Waals surface area contributed by atoms with Gasteiger partial charge in [0.25, 0.3) is 5.91 Å². The van der Waals surface area contributed by atoms with E-state index in [0.29, 0.717) is 48.6 Å². The Morgan fingerprint density at radius 3 is 2.90 bits per heavy atom. The van der Waals surface area contributed by atoms with Crippen LogP contribution >= 0.6 is 0 Å². The molecule has 2 unspecified atom stereocenters. The molecule has 2 aliphatic heterocycles. The van der Waals surface area contributed by atoms with Crippen LogP contribution < -0.4 is 15.0 Å². The molecule has 31 heavy (non-hydrogen) atoms. The van der Waals surface area contributed by atoms with Gasteiger partial charge in [-0.25, -0.2) is 9.98 Å². The van der Waals surface area contributed by atoms with Crippen molar-refractivity contribution in [2.24, 2.45) is 21.8 Å². The minimum atomic E-state index is -0.679. The normalized spacial score (nSPS) is 25.3. The Labute approximate surface area is 183 Å². The largest absolute Gasteiger partial charge is 0.476 e. The Balaban J connectivity index is 1.34. The summed E-state index contributed by atoms with van der Waals surface area (Å²) < 4.78 is 11.6. The molecule has 5 rings (SSSR count). The predicted octanol–water partition coefficient (Wildman–Crippen LogP) is 2.82. The molecule has 3 heterocycles. The molecule has 3 fully saturated rings. The number of rotatable bonds is 7. The molecule has 8 heteroatoms. The molecule has 1 N–H and O–H groups in total. The molecular formula is C23H31N5O3. The van der Waals surface area contributed by atoms with E-state index in [9.17, 15) is 4.79 Å². The van der Waals surface area contributed by atoms with Crippen LogP contribution in [-0.2, 0) is 4.74 Å². The molecule has 0 spiro atoms. The molecule has 0 aromatic carbocycles. The lowest BCUT2D eigenvalue weighted by Gasteiger charge is -2.30. The Bertz CT molecular complexity index is 931. The first-order chi connectivity index (χ1) is 14.9. The molecule has 4 aliphatic rings. The maximum absolute atomic E-state index is 13.1. The van der Waals surface area contributed by atoms with Gasteiger partial charge in [0.1, 0.15) is 23.9 Å². The number of amides is 1. The highest BCUT2D eigenvalue weighted by atomic mass is 16.5. The van der Waals surface area contributed by atoms with Gasteiger partial charge < -0.3 is 19.7 Å². The summed E-state index contributed by atoms with van der Waals surface area (Å²) in [7, 11) is 0. The Morgan fingerprint density at radius 2 is 2.19 bits per heavy atom. The van der Waals surface area contributed by atoms with Crippen molar-refractivity contribution >= 4 is 23.1 Å². The lowest BCUT2D eigenvalue weighted by Crippen LogP contribution is -2.50. The van der Waals surface area contributed by atoms with Gasteiger partial charge in [0, 0.05) is 18.2 Å². The number of amidine groups is 1. The number of nitrogens with one attached hydrogen (secondary N) is 1. The molecule has 1 saturated heterocycles. The van der Waals surface area contributed by atoms with Crippen LogP contribution in [0, 0.1) is 11.8 Å². The third-order valence-electron chi connectivity index (χ3n) is 6.38. The molecular weight excluding hydrogens is 394 g/mol. The highest BCUT2D eigenvalue weighted by molar-refractivity contribution is 6.07. The van der Waals surface area contributed by atoms with Gasteiger partial charge >= 0.3 is 0 Å². The van der Waals surface area contributed by atoms with Crippen LogP contribution in [-0.4, -0.2) is 60.5 Å². The second-order valence-electron chi connectivity index (χ2n) is 9.62. The number of nitrogens with zero attached hydrogens (tertiary/aromatic N) is 4. The molecule has 2 aliphatic carbocycles. The van der Waals surface area contributed by atoms with Crippen LogP contribution in [0.3, 0.4) is 0 Å². The summed E-state index contributed by atoms with van der Waals surface area (Å²) in [5.74, 6) is 2.03. The zero-order valence-electron chi connectivity index (χ0n) is 18.6. The maximum atomic E-state index is 13.1. The van der Waals surface area contributed by atoms with E-state index in [1.165, 1.54) is 12.8 Å². The third-order valence-corrected chi connectivity index (χ3v) is 6.38. The number of aromatic nitrogens is 1. The van der Waals surface area contributed by atoms with E-state index < -0.39 is 5.54 Å². The Morgan fingerprint density at radius 1 is 1.35 bits per heavy atom. The van der Waals surface area contributed by atoms with Gasteiger partial charge in [-0.1, -0.05) is 0 Å². The number of anilines is 1. The average Bonchev–Trinajstić information content (AvgIpc) is 3.67. The van der Waals surface area contributed by atoms with E-state index >= 15 is 0 Å². The predicted molar refractivity (Wildman–Crippen MR) is 119 cm³/mol. The van der Waals surface area contributed by atoms with Crippen molar-refractivity contribution in [2.45, 2.75) is 58.0 Å². The van der Waals surface area contributed by atoms with Crippen molar-refractivity contribution in [3.05, 3.63) is 17.8 Å². The first kappa shape index (κ1) is 20.4. The number of aliphatic imine (C=N–C) groups is 2. The topological polar surface area (TPSA) is 88.4 Å². The van der Waals surface area contributed by atoms with E-state index in [1.807, 2.05) is 26.8 Å². The van der Waals surface area contributed by atoms with E-state index in [2.05, 4.69) is 20.2 Å². The van der Waals surface area contributed by atoms with Crippen molar-refractivity contribution in [2.75, 3.05) is 31.4 Å². The first-order valence-electron chi connectivity index (χ1n) is 11.3. The minimum Gasteiger partial charge on any atom is -0.476 e. The highest BCUT2D eigenvalue weighted by Crippen LogP contribution is 2.39. The van der Waals surface area contributed by atoms with Crippen LogP contribution in [0.5, 0.6) is 5.88 Å². The van der Waals surface area contributed by atoms with Crippen molar-refractivity contribution in [3.63, 3.8) is 0 Å². The van der Waals surface area contributed by atoms with Gasteiger partial charge in [-0.2, -0.15) is 0 Å². The second-order valence-corrected chi connectivity index (χ2v) is 9.62. The van der Waals surface area contributed by atoms with E-state index in [0.717, 1.165) is 37.4 Å². The summed E-state index contributed by atoms with van der Waals surface area (Å²) in [6, 6.07) is 4.00. The van der Waals surface area contributed by atoms with Gasteiger partial charge in [0.2, 0.25) is 5.88 Å². The Hall–Kier alpha value is -2.48. The molecule has 1 amide bonds. The fourth-order valence-electron chi connectivity index (χ4n) is 4.09. The fraction of sp³-hybridized carbons (Fsp3) is 0.652. The van der Waals surface area contributed by atoms with Crippen LogP contribution in [0.2, 0.25) is 0 Å². The lowest BCUT2D eigenvalue weighted by molar-refractivity contribution is 0.0925. The average molecular weight is 426 g/mol. The van der Waals surface area contributed by atoms with Crippen molar-refractivity contribution in [1.82, 2.24) is 10.3 Å². The first-order valence-corrected chi connectivity index (χ1v) is 11.3. The zero-order chi connectivity index (χ0) is 21.6. The summed E-state index contributed by atoms with van der Waals surface area (Å²) in [4.78, 5) is 29.2. The molecule has 1 aromatic heterocycles. The van der Waals surface area contributed by atoms with Gasteiger partial charge in [0.15, 0.2) is 0 Å². The standard InChI is InChI=1S/C23H31N5O3/c1-14-16-11-18(16)26-22(24-14)23(2,3)27-20(29)17-7-8-19(28-9-4-10-30-13-28)21(25-17)31-12-15-5-6-15/h7-8,15-16,18H,4-6,9-13H2,1-3H3,(H,27,29). The number of carbonyl (C=O) groups excluding carboxylic acids is 1. The summed E-state index contributed by atoms with van der Waals surface area (Å²) >= 11 is 0. The molecule has 166 valence electrons. The number of fused-ring (bicyclic) bond motifs is 1. The SMILES string of the molecule is CC1=NC(C(C)(C)NC(=O)c2ccc(N3CCCOC3)c(OCC3CC3)n2)=NC2CC12. The third kappa shape index (κ3) is 4.44. The highest BCUT2D eigenvalue weighted by Gasteiger charge is 2.44. The number of ether oxygens (including phenoxy) is 2. The lowest BCUT2D eigenvalue weighted by atomic mass is 10.0. The van der Waals surface area contributed by atoms with Crippen LogP contribution in [0.4, 0.5) is 5.69 Å². The monoisotopic (exact) mass is 425 g/mol. The molecule has 0 bridgehead atoms. The van der Waals surface area contributed by atoms with Crippen LogP contribution in [0.15, 0.2) is 22.1 Å². The molecule has 2 atom stereocenters. The second kappa shape index (κ2) is 7.89. The summed E-state index contributed by atoms with van der Waals surface area (Å²) in [5, 5.41) is 3.07. The molecule has 1 aromatic rings. The van der Waals surface area contributed by atoms with Gasteiger partial charge in [-0.05, 0) is 64.5 Å². The number of hydrogen-bond donors (Lipinski definition) is 1. The van der Waals surface area contributed by atoms with Crippen molar-refractivity contribution in [1.29, 1.82) is 0 Å². The van der Waals surface area contributed by atoms with Gasteiger partial charge in [0.05, 0.1) is 24.8 Å². The quantitative estimate of drug-likeness (QED) is 0.726. The zero-order valence-corrected chi connectivity index (χ0v) is 18.6. The van der Waals surface area contributed by atoms with Gasteiger partial charge in [-0.15, -0.1) is 0 Å². The minimum absolute atomic E-state index is 0.254. The fourth-order valence-corrected chi connectivity index (χ4v) is 4.09. The Kier molecular flexibility index (Phi) is 5.20. The number of hydrogen-bond acceptors (Lipinski definition) is 7. The molecule has 8 nitrogen and oxygen atoms in total. The smallest absolute Gasteiger partial charge is 0.270 e. The number of carbonyl (C=O) groups is 1.